The first-order valence-corrected chi connectivity index (χ1v) is 2.94. The van der Waals surface area contributed by atoms with Crippen molar-refractivity contribution in [1.82, 2.24) is 0 Å². The highest BCUT2D eigenvalue weighted by Crippen LogP contribution is 2.18. The molecule has 1 N–H and O–H groups in total. The van der Waals surface area contributed by atoms with Crippen molar-refractivity contribution >= 4 is 0 Å². The van der Waals surface area contributed by atoms with Crippen LogP contribution in [0.15, 0.2) is 18.2 Å². The first-order chi connectivity index (χ1) is 4.75. The summed E-state index contributed by atoms with van der Waals surface area (Å²) >= 11 is 0. The topological polar surface area (TPSA) is 44.0 Å². The molecule has 0 saturated heterocycles. The van der Waals surface area contributed by atoms with Gasteiger partial charge in [0.15, 0.2) is 0 Å². The molecule has 0 aliphatic heterocycles. The van der Waals surface area contributed by atoms with Crippen LogP contribution in [-0.4, -0.2) is 5.11 Å². The van der Waals surface area contributed by atoms with Gasteiger partial charge in [-0.1, -0.05) is 12.1 Å². The molecule has 2 nitrogen and oxygen atoms in total. The highest BCUT2D eigenvalue weighted by molar-refractivity contribution is 5.47. The third-order valence-corrected chi connectivity index (χ3v) is 1.36. The molecule has 0 heterocycles. The summed E-state index contributed by atoms with van der Waals surface area (Å²) in [5, 5.41) is 17.6. The van der Waals surface area contributed by atoms with Crippen LogP contribution in [-0.2, 0) is 0 Å². The number of hydrogen-bond acceptors (Lipinski definition) is 2. The van der Waals surface area contributed by atoms with Crippen LogP contribution in [0.3, 0.4) is 0 Å². The highest BCUT2D eigenvalue weighted by Gasteiger charge is 2.00. The van der Waals surface area contributed by atoms with E-state index in [0.717, 1.165) is 5.56 Å². The third-order valence-electron chi connectivity index (χ3n) is 1.36. The van der Waals surface area contributed by atoms with Crippen LogP contribution in [0.4, 0.5) is 0 Å². The monoisotopic (exact) mass is 133 g/mol. The quantitative estimate of drug-likeness (QED) is 0.583. The predicted octanol–water partition coefficient (Wildman–Crippen LogP) is 1.57. The number of nitriles is 1. The Morgan fingerprint density at radius 3 is 2.60 bits per heavy atom. The lowest BCUT2D eigenvalue weighted by Crippen LogP contribution is -1.80. The Hall–Kier alpha value is -1.49. The number of rotatable bonds is 0. The summed E-state index contributed by atoms with van der Waals surface area (Å²) in [5.41, 5.74) is 1.17. The summed E-state index contributed by atoms with van der Waals surface area (Å²) in [7, 11) is 0. The normalized spacial score (nSPS) is 8.80. The van der Waals surface area contributed by atoms with Crippen LogP contribution in [0.2, 0.25) is 0 Å². The van der Waals surface area contributed by atoms with E-state index in [2.05, 4.69) is 0 Å². The number of phenols is 1. The lowest BCUT2D eigenvalue weighted by atomic mass is 10.1. The molecule has 0 spiro atoms. The fraction of sp³-hybridized carbons (Fsp3) is 0.125. The van der Waals surface area contributed by atoms with Crippen molar-refractivity contribution in [3.8, 4) is 11.8 Å². The average molecular weight is 133 g/mol. The van der Waals surface area contributed by atoms with Crippen LogP contribution < -0.4 is 0 Å². The Labute approximate surface area is 59.3 Å². The summed E-state index contributed by atoms with van der Waals surface area (Å²) < 4.78 is 0. The molecule has 2 heteroatoms. The van der Waals surface area contributed by atoms with Gasteiger partial charge in [-0.25, -0.2) is 0 Å². The molecule has 0 amide bonds. The zero-order valence-corrected chi connectivity index (χ0v) is 5.63. The predicted molar refractivity (Wildman–Crippen MR) is 37.6 cm³/mol. The summed E-state index contributed by atoms with van der Waals surface area (Å²) in [6.45, 7) is 1.79. The van der Waals surface area contributed by atoms with E-state index in [0.29, 0.717) is 5.56 Å². The molecule has 10 heavy (non-hydrogen) atoms. The maximum Gasteiger partial charge on any atom is 0.133 e. The fourth-order valence-electron chi connectivity index (χ4n) is 0.798. The van der Waals surface area contributed by atoms with E-state index in [1.165, 1.54) is 6.07 Å². The Kier molecular flexibility index (Phi) is 1.59. The van der Waals surface area contributed by atoms with Gasteiger partial charge < -0.3 is 5.11 Å². The number of hydrogen-bond donors (Lipinski definition) is 1. The van der Waals surface area contributed by atoms with Crippen molar-refractivity contribution in [2.45, 2.75) is 6.92 Å². The highest BCUT2D eigenvalue weighted by atomic mass is 16.3. The molecular weight excluding hydrogens is 126 g/mol. The van der Waals surface area contributed by atoms with E-state index < -0.39 is 0 Å². The standard InChI is InChI=1S/C8H7NO/c1-6-3-2-4-8(10)7(6)5-9/h2-4,10H,1H3. The van der Waals surface area contributed by atoms with Crippen LogP contribution in [0.5, 0.6) is 5.75 Å². The first-order valence-electron chi connectivity index (χ1n) is 2.94. The summed E-state index contributed by atoms with van der Waals surface area (Å²) in [6, 6.07) is 6.92. The number of benzene rings is 1. The molecule has 0 radical (unpaired) electrons. The Morgan fingerprint density at radius 1 is 1.50 bits per heavy atom. The third kappa shape index (κ3) is 0.939. The fourth-order valence-corrected chi connectivity index (χ4v) is 0.798. The minimum absolute atomic E-state index is 0.0579. The summed E-state index contributed by atoms with van der Waals surface area (Å²) in [6.07, 6.45) is 0. The zero-order chi connectivity index (χ0) is 7.56. The number of aromatic hydroxyl groups is 1. The molecule has 0 saturated carbocycles. The van der Waals surface area contributed by atoms with Crippen LogP contribution in [0.1, 0.15) is 11.1 Å². The molecular formula is C8H7NO. The molecule has 1 aromatic rings. The molecule has 50 valence electrons. The Bertz CT molecular complexity index is 266. The number of phenolic OH excluding ortho intramolecular Hbond substituents is 1. The SMILES string of the molecule is Cc1cccc(O)c1C#N. The summed E-state index contributed by atoms with van der Waals surface area (Å²) in [4.78, 5) is 0. The summed E-state index contributed by atoms with van der Waals surface area (Å²) in [5.74, 6) is 0.0579. The van der Waals surface area contributed by atoms with Gasteiger partial charge in [0.2, 0.25) is 0 Å². The maximum absolute atomic E-state index is 9.07. The van der Waals surface area contributed by atoms with Crippen molar-refractivity contribution in [2.24, 2.45) is 0 Å². The molecule has 0 atom stereocenters. The van der Waals surface area contributed by atoms with E-state index in [-0.39, 0.29) is 5.75 Å². The van der Waals surface area contributed by atoms with Gasteiger partial charge in [0, 0.05) is 0 Å². The van der Waals surface area contributed by atoms with Gasteiger partial charge in [0.1, 0.15) is 11.8 Å². The minimum Gasteiger partial charge on any atom is -0.507 e. The van der Waals surface area contributed by atoms with Crippen molar-refractivity contribution in [1.29, 1.82) is 5.26 Å². The van der Waals surface area contributed by atoms with Gasteiger partial charge in [0.25, 0.3) is 0 Å². The minimum atomic E-state index is 0.0579. The molecule has 0 unspecified atom stereocenters. The number of aryl methyl sites for hydroxylation is 1. The van der Waals surface area contributed by atoms with Crippen molar-refractivity contribution in [2.75, 3.05) is 0 Å². The average Bonchev–Trinajstić information content (AvgIpc) is 1.88. The molecule has 1 aromatic carbocycles. The van der Waals surface area contributed by atoms with Crippen molar-refractivity contribution in [3.63, 3.8) is 0 Å². The van der Waals surface area contributed by atoms with Crippen molar-refractivity contribution in [3.05, 3.63) is 29.3 Å². The second-order valence-electron chi connectivity index (χ2n) is 2.08. The van der Waals surface area contributed by atoms with Gasteiger partial charge in [-0.05, 0) is 18.6 Å². The second kappa shape index (κ2) is 2.40. The first kappa shape index (κ1) is 6.63. The van der Waals surface area contributed by atoms with E-state index in [9.17, 15) is 0 Å². The molecule has 0 bridgehead atoms. The van der Waals surface area contributed by atoms with Gasteiger partial charge in [-0.15, -0.1) is 0 Å². The second-order valence-corrected chi connectivity index (χ2v) is 2.08. The van der Waals surface area contributed by atoms with E-state index in [4.69, 9.17) is 10.4 Å². The molecule has 0 aliphatic rings. The largest absolute Gasteiger partial charge is 0.507 e. The van der Waals surface area contributed by atoms with E-state index >= 15 is 0 Å². The molecule has 1 rings (SSSR count). The van der Waals surface area contributed by atoms with Gasteiger partial charge in [0.05, 0.1) is 5.56 Å². The maximum atomic E-state index is 9.07. The Morgan fingerprint density at radius 2 is 2.20 bits per heavy atom. The van der Waals surface area contributed by atoms with Crippen LogP contribution >= 0.6 is 0 Å². The Balaban J connectivity index is 3.34. The molecule has 0 fully saturated rings. The van der Waals surface area contributed by atoms with Crippen LogP contribution in [0, 0.1) is 18.3 Å². The smallest absolute Gasteiger partial charge is 0.133 e. The van der Waals surface area contributed by atoms with Crippen LogP contribution in [0.25, 0.3) is 0 Å². The van der Waals surface area contributed by atoms with E-state index in [1.807, 2.05) is 6.07 Å². The van der Waals surface area contributed by atoms with Gasteiger partial charge >= 0.3 is 0 Å². The van der Waals surface area contributed by atoms with Crippen molar-refractivity contribution < 1.29 is 5.11 Å². The van der Waals surface area contributed by atoms with E-state index in [1.54, 1.807) is 19.1 Å². The number of nitrogens with zero attached hydrogens (tertiary/aromatic N) is 1. The van der Waals surface area contributed by atoms with Gasteiger partial charge in [-0.3, -0.25) is 0 Å². The zero-order valence-electron chi connectivity index (χ0n) is 5.63. The lowest BCUT2D eigenvalue weighted by Gasteiger charge is -1.96. The molecule has 0 aromatic heterocycles. The lowest BCUT2D eigenvalue weighted by molar-refractivity contribution is 0.473. The van der Waals surface area contributed by atoms with Gasteiger partial charge in [-0.2, -0.15) is 5.26 Å². The molecule has 0 aliphatic carbocycles.